The topological polar surface area (TPSA) is 29.3 Å². The second kappa shape index (κ2) is 15.0. The molecule has 1 saturated heterocycles. The Bertz CT molecular complexity index is 962. The van der Waals surface area contributed by atoms with Crippen LogP contribution in [0.2, 0.25) is 0 Å². The average Bonchev–Trinajstić information content (AvgIpc) is 3.34. The Labute approximate surface area is 226 Å². The van der Waals surface area contributed by atoms with E-state index in [0.29, 0.717) is 5.76 Å². The first-order valence-electron chi connectivity index (χ1n) is 14.6. The minimum absolute atomic E-state index is 0.0281. The van der Waals surface area contributed by atoms with Crippen molar-refractivity contribution in [3.05, 3.63) is 82.2 Å². The molecule has 0 spiro atoms. The third kappa shape index (κ3) is 10.4. The fourth-order valence-electron chi connectivity index (χ4n) is 5.02. The molecule has 3 fully saturated rings. The molecule has 0 amide bonds. The van der Waals surface area contributed by atoms with Gasteiger partial charge in [0.2, 0.25) is 0 Å². The second-order valence-electron chi connectivity index (χ2n) is 11.3. The highest BCUT2D eigenvalue weighted by molar-refractivity contribution is 5.92. The van der Waals surface area contributed by atoms with Crippen LogP contribution in [-0.4, -0.2) is 29.9 Å². The molecule has 37 heavy (non-hydrogen) atoms. The lowest BCUT2D eigenvalue weighted by atomic mass is 9.88. The lowest BCUT2D eigenvalue weighted by Gasteiger charge is -2.18. The maximum absolute atomic E-state index is 11.8. The molecule has 1 heterocycles. The Kier molecular flexibility index (Phi) is 11.8. The number of carbonyl (C=O) groups excluding carboxylic acids is 1. The summed E-state index contributed by atoms with van der Waals surface area (Å²) in [6, 6.07) is 16.9. The molecule has 2 aromatic rings. The van der Waals surface area contributed by atoms with Crippen LogP contribution in [0, 0.1) is 19.8 Å². The van der Waals surface area contributed by atoms with Crippen molar-refractivity contribution in [3.8, 4) is 0 Å². The molecule has 0 unspecified atom stereocenters. The van der Waals surface area contributed by atoms with Gasteiger partial charge in [-0.1, -0.05) is 118 Å². The van der Waals surface area contributed by atoms with Gasteiger partial charge in [0.05, 0.1) is 5.70 Å². The molecule has 3 aliphatic carbocycles. The number of aryl methyl sites for hydroxylation is 2. The number of fused-ring (bicyclic) bond motifs is 1. The highest BCUT2D eigenvalue weighted by Gasteiger charge is 2.28. The number of benzene rings is 2. The first kappa shape index (κ1) is 29.0. The van der Waals surface area contributed by atoms with E-state index < -0.39 is 0 Å². The quantitative estimate of drug-likeness (QED) is 0.238. The summed E-state index contributed by atoms with van der Waals surface area (Å²) in [6.45, 7) is 12.2. The van der Waals surface area contributed by atoms with E-state index in [1.54, 1.807) is 6.92 Å². The van der Waals surface area contributed by atoms with Crippen LogP contribution in [-0.2, 0) is 22.4 Å². The fraction of sp³-hybridized carbons (Fsp3) is 0.559. The molecule has 0 N–H and O–H groups in total. The normalized spacial score (nSPS) is 18.5. The molecule has 1 aliphatic heterocycles. The molecule has 3 heteroatoms. The number of hydrogen-bond acceptors (Lipinski definition) is 3. The van der Waals surface area contributed by atoms with Crippen LogP contribution in [0.25, 0.3) is 0 Å². The lowest BCUT2D eigenvalue weighted by molar-refractivity contribution is -0.118. The number of carbonyl (C=O) groups is 1. The van der Waals surface area contributed by atoms with Crippen molar-refractivity contribution in [2.24, 2.45) is 5.92 Å². The van der Waals surface area contributed by atoms with E-state index in [9.17, 15) is 4.79 Å². The lowest BCUT2D eigenvalue weighted by Crippen LogP contribution is -2.18. The van der Waals surface area contributed by atoms with Gasteiger partial charge >= 0.3 is 0 Å². The molecule has 202 valence electrons. The summed E-state index contributed by atoms with van der Waals surface area (Å²) in [4.78, 5) is 13.9. The minimum Gasteiger partial charge on any atom is -0.484 e. The van der Waals surface area contributed by atoms with Crippen LogP contribution < -0.4 is 0 Å². The van der Waals surface area contributed by atoms with Gasteiger partial charge in [0.15, 0.2) is 11.5 Å². The number of allylic oxidation sites excluding steroid dienone is 2. The molecular formula is C34H49NO2. The molecule has 3 nitrogen and oxygen atoms in total. The summed E-state index contributed by atoms with van der Waals surface area (Å²) in [7, 11) is 0. The van der Waals surface area contributed by atoms with Gasteiger partial charge in [0, 0.05) is 32.9 Å². The molecule has 0 radical (unpaired) electrons. The molecule has 2 aromatic carbocycles. The van der Waals surface area contributed by atoms with Gasteiger partial charge < -0.3 is 9.64 Å². The van der Waals surface area contributed by atoms with Crippen molar-refractivity contribution in [2.75, 3.05) is 13.1 Å². The maximum atomic E-state index is 11.8. The zero-order valence-corrected chi connectivity index (χ0v) is 24.0. The van der Waals surface area contributed by atoms with Gasteiger partial charge in [-0.15, -0.1) is 0 Å². The maximum Gasteiger partial charge on any atom is 0.196 e. The molecule has 0 bridgehead atoms. The Morgan fingerprint density at radius 1 is 0.784 bits per heavy atom. The predicted molar refractivity (Wildman–Crippen MR) is 156 cm³/mol. The largest absolute Gasteiger partial charge is 0.484 e. The molecular weight excluding hydrogens is 454 g/mol. The summed E-state index contributed by atoms with van der Waals surface area (Å²) in [5, 5.41) is 0. The monoisotopic (exact) mass is 503 g/mol. The summed E-state index contributed by atoms with van der Waals surface area (Å²) in [5.74, 6) is 1.64. The van der Waals surface area contributed by atoms with E-state index in [1.165, 1.54) is 73.6 Å². The van der Waals surface area contributed by atoms with E-state index in [4.69, 9.17) is 4.74 Å². The van der Waals surface area contributed by atoms with E-state index >= 15 is 0 Å². The van der Waals surface area contributed by atoms with E-state index in [0.717, 1.165) is 37.5 Å². The minimum atomic E-state index is 0.0281. The van der Waals surface area contributed by atoms with Crippen LogP contribution in [0.3, 0.4) is 0 Å². The van der Waals surface area contributed by atoms with E-state index in [-0.39, 0.29) is 11.9 Å². The van der Waals surface area contributed by atoms with Crippen LogP contribution >= 0.6 is 0 Å². The first-order valence-corrected chi connectivity index (χ1v) is 14.6. The third-order valence-electron chi connectivity index (χ3n) is 7.69. The Morgan fingerprint density at radius 2 is 1.27 bits per heavy atom. The second-order valence-corrected chi connectivity index (χ2v) is 11.3. The van der Waals surface area contributed by atoms with Crippen molar-refractivity contribution in [2.45, 2.75) is 105 Å². The van der Waals surface area contributed by atoms with Crippen molar-refractivity contribution in [1.29, 1.82) is 0 Å². The number of rotatable bonds is 4. The number of Topliss-reactive ketones (excluding diaryl/α,β-unsaturated/α-hetero) is 1. The van der Waals surface area contributed by atoms with E-state index in [2.05, 4.69) is 74.2 Å². The van der Waals surface area contributed by atoms with Crippen LogP contribution in [0.1, 0.15) is 94.4 Å². The van der Waals surface area contributed by atoms with Crippen molar-refractivity contribution in [3.63, 3.8) is 0 Å². The van der Waals surface area contributed by atoms with Gasteiger partial charge in [0.25, 0.3) is 0 Å². The summed E-state index contributed by atoms with van der Waals surface area (Å²) in [6.07, 6.45) is 13.9. The molecule has 6 rings (SSSR count). The SMILES string of the molecule is C1CCCC1.CC(=O)/C(OC1Cc2ccccc2C1)=C(\C)N1CC1.CC1CCC1.Cc1cccc(C)c1. The molecule has 2 saturated carbocycles. The predicted octanol–water partition coefficient (Wildman–Crippen LogP) is 8.37. The average molecular weight is 504 g/mol. The Balaban J connectivity index is 0.000000171. The smallest absolute Gasteiger partial charge is 0.196 e. The van der Waals surface area contributed by atoms with Gasteiger partial charge in [-0.3, -0.25) is 4.79 Å². The van der Waals surface area contributed by atoms with Crippen LogP contribution in [0.15, 0.2) is 60.0 Å². The number of ketones is 1. The van der Waals surface area contributed by atoms with E-state index in [1.807, 2.05) is 6.92 Å². The zero-order valence-electron chi connectivity index (χ0n) is 24.0. The third-order valence-corrected chi connectivity index (χ3v) is 7.69. The summed E-state index contributed by atoms with van der Waals surface area (Å²) in [5.41, 5.74) is 6.36. The molecule has 0 atom stereocenters. The van der Waals surface area contributed by atoms with Gasteiger partial charge in [-0.05, 0) is 37.8 Å². The van der Waals surface area contributed by atoms with Crippen molar-refractivity contribution in [1.82, 2.24) is 4.90 Å². The summed E-state index contributed by atoms with van der Waals surface area (Å²) < 4.78 is 6.01. The Hall–Kier alpha value is -2.55. The highest BCUT2D eigenvalue weighted by Crippen LogP contribution is 2.28. The number of ether oxygens (including phenoxy) is 1. The fourth-order valence-corrected chi connectivity index (χ4v) is 5.02. The first-order chi connectivity index (χ1) is 17.8. The van der Waals surface area contributed by atoms with Crippen molar-refractivity contribution >= 4 is 5.78 Å². The van der Waals surface area contributed by atoms with Gasteiger partial charge in [-0.25, -0.2) is 0 Å². The Morgan fingerprint density at radius 3 is 1.59 bits per heavy atom. The van der Waals surface area contributed by atoms with Gasteiger partial charge in [0.1, 0.15) is 6.10 Å². The highest BCUT2D eigenvalue weighted by atomic mass is 16.5. The van der Waals surface area contributed by atoms with Crippen molar-refractivity contribution < 1.29 is 9.53 Å². The van der Waals surface area contributed by atoms with Crippen LogP contribution in [0.4, 0.5) is 0 Å². The molecule has 4 aliphatic rings. The molecule has 0 aromatic heterocycles. The summed E-state index contributed by atoms with van der Waals surface area (Å²) >= 11 is 0. The van der Waals surface area contributed by atoms with Crippen LogP contribution in [0.5, 0.6) is 0 Å². The standard InChI is InChI=1S/C16H19NO2.C8H10.2C5H10/c1-11(17-7-8-17)16(12(2)18)19-15-9-13-5-3-4-6-14(13)10-15;1-7-4-3-5-8(2)6-7;1-5-3-2-4-5;1-2-4-5-3-1/h3-6,15H,7-10H2,1-2H3;3-6H,1-2H3;5H,2-4H2,1H3;1-5H2/b16-11-;;;. The van der Waals surface area contributed by atoms with Gasteiger partial charge in [-0.2, -0.15) is 0 Å². The number of nitrogens with zero attached hydrogens (tertiary/aromatic N) is 1. The zero-order chi connectivity index (χ0) is 26.6. The number of hydrogen-bond donors (Lipinski definition) is 0.